The highest BCUT2D eigenvalue weighted by Crippen LogP contribution is 2.08. The Hall–Kier alpha value is -0.420. The lowest BCUT2D eigenvalue weighted by Gasteiger charge is -2.24. The van der Waals surface area contributed by atoms with Crippen LogP contribution < -0.4 is 5.32 Å². The zero-order valence-corrected chi connectivity index (χ0v) is 10.9. The zero-order valence-electron chi connectivity index (χ0n) is 10.1. The van der Waals surface area contributed by atoms with E-state index < -0.39 is 16.4 Å². The average molecular weight is 235 g/mol. The molecule has 0 fully saturated rings. The Morgan fingerprint density at radius 2 is 2.07 bits per heavy atom. The zero-order chi connectivity index (χ0) is 12.1. The minimum absolute atomic E-state index is 0.0239. The molecule has 15 heavy (non-hydrogen) atoms. The van der Waals surface area contributed by atoms with E-state index in [1.807, 2.05) is 6.92 Å². The van der Waals surface area contributed by atoms with Crippen molar-refractivity contribution in [2.24, 2.45) is 0 Å². The van der Waals surface area contributed by atoms with Crippen LogP contribution in [0, 0.1) is 0 Å². The van der Waals surface area contributed by atoms with Gasteiger partial charge in [0.15, 0.2) is 0 Å². The first-order valence-electron chi connectivity index (χ1n) is 4.95. The maximum Gasteiger partial charge on any atom is 0.251 e. The number of rotatable bonds is 6. The molecule has 0 bridgehead atoms. The number of methoxy groups -OCH3 is 1. The maximum atomic E-state index is 11.6. The van der Waals surface area contributed by atoms with Crippen LogP contribution in [0.25, 0.3) is 0 Å². The third-order valence-electron chi connectivity index (χ3n) is 2.27. The lowest BCUT2D eigenvalue weighted by Crippen LogP contribution is -2.47. The minimum Gasteiger partial charge on any atom is -0.369 e. The highest BCUT2D eigenvalue weighted by molar-refractivity contribution is 7.84. The van der Waals surface area contributed by atoms with E-state index in [0.29, 0.717) is 12.2 Å². The largest absolute Gasteiger partial charge is 0.369 e. The number of hydrogen-bond acceptors (Lipinski definition) is 3. The van der Waals surface area contributed by atoms with E-state index in [1.165, 1.54) is 7.11 Å². The normalized spacial score (nSPS) is 15.8. The van der Waals surface area contributed by atoms with Gasteiger partial charge in [-0.15, -0.1) is 0 Å². The second kappa shape index (κ2) is 6.23. The molecule has 0 aromatic carbocycles. The van der Waals surface area contributed by atoms with Crippen molar-refractivity contribution in [2.45, 2.75) is 38.8 Å². The topological polar surface area (TPSA) is 55.4 Å². The van der Waals surface area contributed by atoms with Crippen molar-refractivity contribution in [1.29, 1.82) is 0 Å². The van der Waals surface area contributed by atoms with Crippen molar-refractivity contribution < 1.29 is 13.7 Å². The molecule has 0 aromatic rings. The molecule has 0 aromatic heterocycles. The number of nitrogens with one attached hydrogen (secondary N) is 1. The second-order valence-electron chi connectivity index (χ2n) is 4.15. The molecule has 0 rings (SSSR count). The summed E-state index contributed by atoms with van der Waals surface area (Å²) in [6, 6.07) is 0.0239. The predicted octanol–water partition coefficient (Wildman–Crippen LogP) is 0.685. The standard InChI is InChI=1S/C10H21NO3S/c1-8(6-7-15(5)13)11-9(12)10(2,3)14-4/h8H,6-7H2,1-5H3,(H,11,12). The van der Waals surface area contributed by atoms with E-state index in [-0.39, 0.29) is 11.9 Å². The van der Waals surface area contributed by atoms with E-state index in [9.17, 15) is 9.00 Å². The molecule has 1 amide bonds. The fourth-order valence-electron chi connectivity index (χ4n) is 0.905. The van der Waals surface area contributed by atoms with Gasteiger partial charge in [-0.2, -0.15) is 0 Å². The molecular weight excluding hydrogens is 214 g/mol. The van der Waals surface area contributed by atoms with Gasteiger partial charge in [-0.05, 0) is 27.2 Å². The molecule has 90 valence electrons. The van der Waals surface area contributed by atoms with Gasteiger partial charge in [-0.3, -0.25) is 9.00 Å². The molecule has 4 nitrogen and oxygen atoms in total. The van der Waals surface area contributed by atoms with Crippen LogP contribution in [0.1, 0.15) is 27.2 Å². The molecule has 0 spiro atoms. The van der Waals surface area contributed by atoms with Crippen LogP contribution in [0.4, 0.5) is 0 Å². The van der Waals surface area contributed by atoms with Gasteiger partial charge in [-0.25, -0.2) is 0 Å². The quantitative estimate of drug-likeness (QED) is 0.737. The van der Waals surface area contributed by atoms with E-state index >= 15 is 0 Å². The molecule has 5 heteroatoms. The third kappa shape index (κ3) is 5.89. The van der Waals surface area contributed by atoms with Gasteiger partial charge in [0, 0.05) is 36.0 Å². The fraction of sp³-hybridized carbons (Fsp3) is 0.900. The van der Waals surface area contributed by atoms with Crippen LogP contribution in [0.3, 0.4) is 0 Å². The van der Waals surface area contributed by atoms with E-state index in [0.717, 1.165) is 0 Å². The summed E-state index contributed by atoms with van der Waals surface area (Å²) in [5.41, 5.74) is -0.806. The average Bonchev–Trinajstić information content (AvgIpc) is 2.14. The van der Waals surface area contributed by atoms with Crippen molar-refractivity contribution in [1.82, 2.24) is 5.32 Å². The molecule has 0 aliphatic heterocycles. The van der Waals surface area contributed by atoms with Crippen LogP contribution in [-0.4, -0.2) is 40.9 Å². The smallest absolute Gasteiger partial charge is 0.251 e. The van der Waals surface area contributed by atoms with Crippen molar-refractivity contribution >= 4 is 16.7 Å². The summed E-state index contributed by atoms with van der Waals surface area (Å²) in [7, 11) is 0.699. The van der Waals surface area contributed by atoms with Crippen LogP contribution in [0.5, 0.6) is 0 Å². The number of carbonyl (C=O) groups is 1. The van der Waals surface area contributed by atoms with Crippen LogP contribution in [-0.2, 0) is 20.3 Å². The maximum absolute atomic E-state index is 11.6. The van der Waals surface area contributed by atoms with Crippen molar-refractivity contribution in [2.75, 3.05) is 19.1 Å². The monoisotopic (exact) mass is 235 g/mol. The first kappa shape index (κ1) is 14.6. The molecule has 0 saturated heterocycles. The van der Waals surface area contributed by atoms with Gasteiger partial charge in [0.1, 0.15) is 5.60 Å². The molecular formula is C10H21NO3S. The Morgan fingerprint density at radius 3 is 2.47 bits per heavy atom. The molecule has 2 unspecified atom stereocenters. The van der Waals surface area contributed by atoms with Crippen LogP contribution in [0.15, 0.2) is 0 Å². The summed E-state index contributed by atoms with van der Waals surface area (Å²) in [6.45, 7) is 5.33. The summed E-state index contributed by atoms with van der Waals surface area (Å²) in [4.78, 5) is 11.6. The van der Waals surface area contributed by atoms with Crippen molar-refractivity contribution in [3.05, 3.63) is 0 Å². The molecule has 2 atom stereocenters. The molecule has 0 aliphatic rings. The van der Waals surface area contributed by atoms with Gasteiger partial charge in [0.2, 0.25) is 0 Å². The molecule has 0 saturated carbocycles. The summed E-state index contributed by atoms with van der Waals surface area (Å²) in [5.74, 6) is 0.467. The SMILES string of the molecule is COC(C)(C)C(=O)NC(C)CCS(C)=O. The van der Waals surface area contributed by atoms with Crippen LogP contribution >= 0.6 is 0 Å². The summed E-state index contributed by atoms with van der Waals surface area (Å²) >= 11 is 0. The molecule has 0 heterocycles. The number of amides is 1. The molecule has 1 N–H and O–H groups in total. The Labute approximate surface area is 94.2 Å². The van der Waals surface area contributed by atoms with Crippen molar-refractivity contribution in [3.8, 4) is 0 Å². The Bertz CT molecular complexity index is 241. The summed E-state index contributed by atoms with van der Waals surface area (Å²) in [5, 5.41) is 2.83. The van der Waals surface area contributed by atoms with E-state index in [1.54, 1.807) is 20.1 Å². The number of ether oxygens (including phenoxy) is 1. The van der Waals surface area contributed by atoms with Gasteiger partial charge in [-0.1, -0.05) is 0 Å². The second-order valence-corrected chi connectivity index (χ2v) is 5.71. The third-order valence-corrected chi connectivity index (χ3v) is 3.08. The molecule has 0 radical (unpaired) electrons. The lowest BCUT2D eigenvalue weighted by molar-refractivity contribution is -0.140. The Kier molecular flexibility index (Phi) is 6.05. The van der Waals surface area contributed by atoms with Gasteiger partial charge in [0.25, 0.3) is 5.91 Å². The van der Waals surface area contributed by atoms with Gasteiger partial charge in [0.05, 0.1) is 0 Å². The Balaban J connectivity index is 4.01. The predicted molar refractivity (Wildman–Crippen MR) is 62.2 cm³/mol. The summed E-state index contributed by atoms with van der Waals surface area (Å²) < 4.78 is 15.9. The first-order valence-corrected chi connectivity index (χ1v) is 6.68. The fourth-order valence-corrected chi connectivity index (χ4v) is 1.59. The molecule has 0 aliphatic carbocycles. The number of carbonyl (C=O) groups excluding carboxylic acids is 1. The van der Waals surface area contributed by atoms with E-state index in [4.69, 9.17) is 4.74 Å². The van der Waals surface area contributed by atoms with Crippen LogP contribution in [0.2, 0.25) is 0 Å². The van der Waals surface area contributed by atoms with Crippen molar-refractivity contribution in [3.63, 3.8) is 0 Å². The lowest BCUT2D eigenvalue weighted by atomic mass is 10.1. The highest BCUT2D eigenvalue weighted by Gasteiger charge is 2.27. The van der Waals surface area contributed by atoms with Gasteiger partial charge < -0.3 is 10.1 Å². The Morgan fingerprint density at radius 1 is 1.53 bits per heavy atom. The number of hydrogen-bond donors (Lipinski definition) is 1. The first-order chi connectivity index (χ1) is 6.79. The van der Waals surface area contributed by atoms with Gasteiger partial charge >= 0.3 is 0 Å². The highest BCUT2D eigenvalue weighted by atomic mass is 32.2. The van der Waals surface area contributed by atoms with E-state index in [2.05, 4.69) is 5.32 Å². The minimum atomic E-state index is -0.806. The summed E-state index contributed by atoms with van der Waals surface area (Å²) in [6.07, 6.45) is 2.38.